The third-order valence-electron chi connectivity index (χ3n) is 2.64. The van der Waals surface area contributed by atoms with E-state index < -0.39 is 0 Å². The van der Waals surface area contributed by atoms with Crippen molar-refractivity contribution in [3.63, 3.8) is 0 Å². The molecule has 0 saturated carbocycles. The number of hydrogen-bond donors (Lipinski definition) is 1. The molecule has 1 unspecified atom stereocenters. The molecule has 2 heterocycles. The standard InChI is InChI=1S/C11H18N2OS/c1-9-8-15-11(13-9)7-14-6-10-3-2-4-12-5-10/h8,10,12H,2-7H2,1H3. The molecular weight excluding hydrogens is 208 g/mol. The first kappa shape index (κ1) is 11.0. The summed E-state index contributed by atoms with van der Waals surface area (Å²) >= 11 is 1.68. The molecule has 1 aliphatic heterocycles. The van der Waals surface area contributed by atoms with Gasteiger partial charge in [-0.1, -0.05) is 0 Å². The molecule has 0 aliphatic carbocycles. The fourth-order valence-corrected chi connectivity index (χ4v) is 2.56. The number of rotatable bonds is 4. The lowest BCUT2D eigenvalue weighted by atomic mass is 10.0. The monoisotopic (exact) mass is 226 g/mol. The largest absolute Gasteiger partial charge is 0.374 e. The molecule has 1 atom stereocenters. The van der Waals surface area contributed by atoms with Crippen molar-refractivity contribution in [1.29, 1.82) is 0 Å². The van der Waals surface area contributed by atoms with Crippen LogP contribution in [0.15, 0.2) is 5.38 Å². The van der Waals surface area contributed by atoms with Crippen molar-refractivity contribution in [2.75, 3.05) is 19.7 Å². The minimum atomic E-state index is 0.676. The van der Waals surface area contributed by atoms with Crippen LogP contribution in [-0.2, 0) is 11.3 Å². The summed E-state index contributed by atoms with van der Waals surface area (Å²) in [7, 11) is 0. The number of aryl methyl sites for hydroxylation is 1. The maximum Gasteiger partial charge on any atom is 0.119 e. The minimum absolute atomic E-state index is 0.676. The summed E-state index contributed by atoms with van der Waals surface area (Å²) in [5.74, 6) is 0.694. The van der Waals surface area contributed by atoms with E-state index in [4.69, 9.17) is 4.74 Å². The molecule has 15 heavy (non-hydrogen) atoms. The molecule has 0 aromatic carbocycles. The van der Waals surface area contributed by atoms with Crippen LogP contribution in [0.4, 0.5) is 0 Å². The predicted molar refractivity (Wildman–Crippen MR) is 62.1 cm³/mol. The lowest BCUT2D eigenvalue weighted by Gasteiger charge is -2.22. The van der Waals surface area contributed by atoms with Crippen LogP contribution in [-0.4, -0.2) is 24.7 Å². The maximum atomic E-state index is 5.68. The number of nitrogens with zero attached hydrogens (tertiary/aromatic N) is 1. The van der Waals surface area contributed by atoms with E-state index in [1.807, 2.05) is 6.92 Å². The van der Waals surface area contributed by atoms with Gasteiger partial charge in [0.1, 0.15) is 5.01 Å². The third-order valence-corrected chi connectivity index (χ3v) is 3.58. The Morgan fingerprint density at radius 2 is 2.60 bits per heavy atom. The second-order valence-electron chi connectivity index (χ2n) is 4.11. The van der Waals surface area contributed by atoms with E-state index >= 15 is 0 Å². The molecule has 1 fully saturated rings. The number of piperidine rings is 1. The molecule has 0 radical (unpaired) electrons. The first-order chi connectivity index (χ1) is 7.34. The van der Waals surface area contributed by atoms with Gasteiger partial charge in [0, 0.05) is 17.6 Å². The fraction of sp³-hybridized carbons (Fsp3) is 0.727. The quantitative estimate of drug-likeness (QED) is 0.852. The van der Waals surface area contributed by atoms with Gasteiger partial charge in [0.2, 0.25) is 0 Å². The van der Waals surface area contributed by atoms with Gasteiger partial charge in [0.05, 0.1) is 13.2 Å². The Morgan fingerprint density at radius 1 is 1.67 bits per heavy atom. The molecule has 1 aromatic rings. The first-order valence-corrected chi connectivity index (χ1v) is 6.42. The lowest BCUT2D eigenvalue weighted by Crippen LogP contribution is -2.32. The molecule has 84 valence electrons. The first-order valence-electron chi connectivity index (χ1n) is 5.54. The predicted octanol–water partition coefficient (Wildman–Crippen LogP) is 1.97. The van der Waals surface area contributed by atoms with Gasteiger partial charge in [-0.15, -0.1) is 11.3 Å². The van der Waals surface area contributed by atoms with Gasteiger partial charge in [-0.05, 0) is 32.2 Å². The van der Waals surface area contributed by atoms with E-state index in [2.05, 4.69) is 15.7 Å². The van der Waals surface area contributed by atoms with Crippen molar-refractivity contribution in [2.24, 2.45) is 5.92 Å². The van der Waals surface area contributed by atoms with Crippen LogP contribution in [0, 0.1) is 12.8 Å². The lowest BCUT2D eigenvalue weighted by molar-refractivity contribution is 0.0781. The molecule has 1 N–H and O–H groups in total. The molecule has 0 bridgehead atoms. The van der Waals surface area contributed by atoms with E-state index in [1.165, 1.54) is 19.4 Å². The van der Waals surface area contributed by atoms with E-state index in [0.29, 0.717) is 12.5 Å². The average Bonchev–Trinajstić information content (AvgIpc) is 2.66. The highest BCUT2D eigenvalue weighted by Gasteiger charge is 2.12. The Kier molecular flexibility index (Phi) is 4.11. The zero-order valence-corrected chi connectivity index (χ0v) is 9.98. The van der Waals surface area contributed by atoms with Gasteiger partial charge in [0.15, 0.2) is 0 Å². The average molecular weight is 226 g/mol. The highest BCUT2D eigenvalue weighted by molar-refractivity contribution is 7.09. The van der Waals surface area contributed by atoms with Gasteiger partial charge in [-0.2, -0.15) is 0 Å². The van der Waals surface area contributed by atoms with Crippen LogP contribution in [0.3, 0.4) is 0 Å². The SMILES string of the molecule is Cc1csc(COCC2CCCNC2)n1. The Labute approximate surface area is 94.9 Å². The van der Waals surface area contributed by atoms with Crippen LogP contribution in [0.25, 0.3) is 0 Å². The number of ether oxygens (including phenoxy) is 1. The minimum Gasteiger partial charge on any atom is -0.374 e. The van der Waals surface area contributed by atoms with Gasteiger partial charge >= 0.3 is 0 Å². The zero-order chi connectivity index (χ0) is 10.5. The maximum absolute atomic E-state index is 5.68. The Bertz CT molecular complexity index is 295. The third kappa shape index (κ3) is 3.55. The Morgan fingerprint density at radius 3 is 3.27 bits per heavy atom. The van der Waals surface area contributed by atoms with Crippen molar-refractivity contribution in [1.82, 2.24) is 10.3 Å². The van der Waals surface area contributed by atoms with E-state index in [-0.39, 0.29) is 0 Å². The van der Waals surface area contributed by atoms with E-state index in [1.54, 1.807) is 11.3 Å². The van der Waals surface area contributed by atoms with Crippen molar-refractivity contribution < 1.29 is 4.74 Å². The molecule has 3 nitrogen and oxygen atoms in total. The van der Waals surface area contributed by atoms with Crippen LogP contribution in [0.2, 0.25) is 0 Å². The van der Waals surface area contributed by atoms with Gasteiger partial charge < -0.3 is 10.1 Å². The molecule has 0 amide bonds. The van der Waals surface area contributed by atoms with Gasteiger partial charge in [-0.3, -0.25) is 0 Å². The van der Waals surface area contributed by atoms with Crippen LogP contribution in [0.1, 0.15) is 23.5 Å². The molecule has 1 aromatic heterocycles. The highest BCUT2D eigenvalue weighted by Crippen LogP contribution is 2.13. The molecule has 2 rings (SSSR count). The van der Waals surface area contributed by atoms with Crippen molar-refractivity contribution in [3.8, 4) is 0 Å². The number of aromatic nitrogens is 1. The summed E-state index contributed by atoms with van der Waals surface area (Å²) in [5.41, 5.74) is 1.10. The molecule has 0 spiro atoms. The molecule has 4 heteroatoms. The van der Waals surface area contributed by atoms with Crippen LogP contribution >= 0.6 is 11.3 Å². The Hall–Kier alpha value is -0.450. The molecular formula is C11H18N2OS. The van der Waals surface area contributed by atoms with E-state index in [0.717, 1.165) is 23.9 Å². The van der Waals surface area contributed by atoms with Crippen molar-refractivity contribution >= 4 is 11.3 Å². The summed E-state index contributed by atoms with van der Waals surface area (Å²) in [6.45, 7) is 5.84. The smallest absolute Gasteiger partial charge is 0.119 e. The molecule has 1 saturated heterocycles. The summed E-state index contributed by atoms with van der Waals surface area (Å²) in [4.78, 5) is 4.37. The van der Waals surface area contributed by atoms with Crippen molar-refractivity contribution in [2.45, 2.75) is 26.4 Å². The van der Waals surface area contributed by atoms with Gasteiger partial charge in [-0.25, -0.2) is 4.98 Å². The summed E-state index contributed by atoms with van der Waals surface area (Å²) in [6, 6.07) is 0. The number of nitrogens with one attached hydrogen (secondary N) is 1. The summed E-state index contributed by atoms with van der Waals surface area (Å²) < 4.78 is 5.68. The van der Waals surface area contributed by atoms with Crippen LogP contribution < -0.4 is 5.32 Å². The number of thiazole rings is 1. The topological polar surface area (TPSA) is 34.1 Å². The van der Waals surface area contributed by atoms with Crippen LogP contribution in [0.5, 0.6) is 0 Å². The summed E-state index contributed by atoms with van der Waals surface area (Å²) in [5, 5.41) is 6.56. The second-order valence-corrected chi connectivity index (χ2v) is 5.05. The number of hydrogen-bond acceptors (Lipinski definition) is 4. The highest BCUT2D eigenvalue weighted by atomic mass is 32.1. The van der Waals surface area contributed by atoms with Gasteiger partial charge in [0.25, 0.3) is 0 Å². The second kappa shape index (κ2) is 5.58. The van der Waals surface area contributed by atoms with Crippen molar-refractivity contribution in [3.05, 3.63) is 16.1 Å². The Balaban J connectivity index is 1.65. The van der Waals surface area contributed by atoms with E-state index in [9.17, 15) is 0 Å². The summed E-state index contributed by atoms with van der Waals surface area (Å²) in [6.07, 6.45) is 2.58. The molecule has 1 aliphatic rings. The zero-order valence-electron chi connectivity index (χ0n) is 9.16. The normalized spacial score (nSPS) is 21.8. The fourth-order valence-electron chi connectivity index (χ4n) is 1.85.